The Balaban J connectivity index is 1.85. The van der Waals surface area contributed by atoms with Crippen LogP contribution in [0.2, 0.25) is 0 Å². The lowest BCUT2D eigenvalue weighted by molar-refractivity contribution is -0.142. The van der Waals surface area contributed by atoms with E-state index in [1.807, 2.05) is 0 Å². The minimum absolute atomic E-state index is 0.123. The van der Waals surface area contributed by atoms with Gasteiger partial charge in [-0.2, -0.15) is 0 Å². The molecule has 0 spiro atoms. The Morgan fingerprint density at radius 3 is 2.37 bits per heavy atom. The van der Waals surface area contributed by atoms with Crippen LogP contribution in [0.25, 0.3) is 0 Å². The molecule has 0 aromatic heterocycles. The molecule has 1 atom stereocenters. The summed E-state index contributed by atoms with van der Waals surface area (Å²) in [6, 6.07) is -0.123. The van der Waals surface area contributed by atoms with Gasteiger partial charge < -0.3 is 9.84 Å². The highest BCUT2D eigenvalue weighted by Crippen LogP contribution is 2.25. The number of sulfonamides is 1. The second kappa shape index (κ2) is 6.19. The van der Waals surface area contributed by atoms with Crippen molar-refractivity contribution in [1.82, 2.24) is 4.72 Å². The van der Waals surface area contributed by atoms with E-state index in [4.69, 9.17) is 9.84 Å². The maximum absolute atomic E-state index is 12.2. The Hall–Kier alpha value is -0.660. The predicted molar refractivity (Wildman–Crippen MR) is 69.3 cm³/mol. The number of carboxylic acids is 1. The summed E-state index contributed by atoms with van der Waals surface area (Å²) in [7, 11) is -3.34. The van der Waals surface area contributed by atoms with Gasteiger partial charge in [-0.3, -0.25) is 4.79 Å². The number of carboxylic acid groups (broad SMARTS) is 1. The lowest BCUT2D eigenvalue weighted by atomic mass is 9.87. The van der Waals surface area contributed by atoms with Gasteiger partial charge in [0.2, 0.25) is 10.0 Å². The summed E-state index contributed by atoms with van der Waals surface area (Å²) in [6.07, 6.45) is 3.71. The van der Waals surface area contributed by atoms with E-state index in [2.05, 4.69) is 4.72 Å². The van der Waals surface area contributed by atoms with Crippen molar-refractivity contribution in [1.29, 1.82) is 0 Å². The predicted octanol–water partition coefficient (Wildman–Crippen LogP) is 0.728. The largest absolute Gasteiger partial charge is 0.481 e. The molecule has 1 saturated carbocycles. The number of hydrogen-bond donors (Lipinski definition) is 2. The molecule has 0 amide bonds. The van der Waals surface area contributed by atoms with E-state index in [9.17, 15) is 13.2 Å². The van der Waals surface area contributed by atoms with E-state index >= 15 is 0 Å². The van der Waals surface area contributed by atoms with E-state index in [0.717, 1.165) is 6.42 Å². The quantitative estimate of drug-likeness (QED) is 0.796. The van der Waals surface area contributed by atoms with Crippen molar-refractivity contribution in [2.45, 2.75) is 49.8 Å². The summed E-state index contributed by atoms with van der Waals surface area (Å²) in [6.45, 7) is 0.898. The average molecular weight is 291 g/mol. The highest BCUT2D eigenvalue weighted by Gasteiger charge is 2.32. The molecule has 19 heavy (non-hydrogen) atoms. The molecule has 2 N–H and O–H groups in total. The van der Waals surface area contributed by atoms with E-state index in [1.54, 1.807) is 0 Å². The molecular formula is C12H21NO5S. The molecule has 1 saturated heterocycles. The smallest absolute Gasteiger partial charge is 0.306 e. The molecule has 0 radical (unpaired) electrons. The minimum Gasteiger partial charge on any atom is -0.481 e. The summed E-state index contributed by atoms with van der Waals surface area (Å²) in [5, 5.41) is 8.45. The zero-order valence-electron chi connectivity index (χ0n) is 10.9. The van der Waals surface area contributed by atoms with E-state index < -0.39 is 21.2 Å². The average Bonchev–Trinajstić information content (AvgIpc) is 2.40. The van der Waals surface area contributed by atoms with Crippen molar-refractivity contribution in [2.75, 3.05) is 13.2 Å². The SMILES string of the molecule is O=C(O)C1CCC(NS(=O)(=O)C2CCCOC2)CC1. The van der Waals surface area contributed by atoms with Crippen LogP contribution in [0.3, 0.4) is 0 Å². The van der Waals surface area contributed by atoms with Crippen LogP contribution in [0.4, 0.5) is 0 Å². The van der Waals surface area contributed by atoms with Gasteiger partial charge in [-0.05, 0) is 38.5 Å². The number of carbonyl (C=O) groups is 1. The van der Waals surface area contributed by atoms with Crippen LogP contribution in [0.5, 0.6) is 0 Å². The second-order valence-electron chi connectivity index (χ2n) is 5.39. The molecule has 1 aliphatic carbocycles. The third-order valence-electron chi connectivity index (χ3n) is 3.96. The first kappa shape index (κ1) is 14.7. The van der Waals surface area contributed by atoms with Crippen molar-refractivity contribution in [2.24, 2.45) is 5.92 Å². The summed E-state index contributed by atoms with van der Waals surface area (Å²) in [5.74, 6) is -1.10. The number of nitrogens with one attached hydrogen (secondary N) is 1. The third-order valence-corrected chi connectivity index (χ3v) is 5.88. The number of rotatable bonds is 4. The van der Waals surface area contributed by atoms with Crippen molar-refractivity contribution in [3.8, 4) is 0 Å². The molecule has 0 bridgehead atoms. The standard InChI is InChI=1S/C12H21NO5S/c14-12(15)9-3-5-10(6-4-9)13-19(16,17)11-2-1-7-18-8-11/h9-11,13H,1-8H2,(H,14,15). The Morgan fingerprint density at radius 2 is 1.84 bits per heavy atom. The van der Waals surface area contributed by atoms with Gasteiger partial charge in [0, 0.05) is 12.6 Å². The first-order chi connectivity index (χ1) is 8.99. The van der Waals surface area contributed by atoms with Crippen LogP contribution in [0.1, 0.15) is 38.5 Å². The fourth-order valence-electron chi connectivity index (χ4n) is 2.74. The summed E-state index contributed by atoms with van der Waals surface area (Å²) < 4.78 is 32.3. The molecule has 2 aliphatic rings. The zero-order chi connectivity index (χ0) is 13.9. The van der Waals surface area contributed by atoms with Crippen LogP contribution in [-0.2, 0) is 19.6 Å². The van der Waals surface area contributed by atoms with Crippen molar-refractivity contribution in [3.63, 3.8) is 0 Å². The normalized spacial score (nSPS) is 32.9. The Bertz CT molecular complexity index is 408. The number of aliphatic carboxylic acids is 1. The van der Waals surface area contributed by atoms with E-state index in [0.29, 0.717) is 38.7 Å². The highest BCUT2D eigenvalue weighted by molar-refractivity contribution is 7.90. The molecule has 2 rings (SSSR count). The maximum Gasteiger partial charge on any atom is 0.306 e. The van der Waals surface area contributed by atoms with E-state index in [-0.39, 0.29) is 18.6 Å². The van der Waals surface area contributed by atoms with Crippen LogP contribution < -0.4 is 4.72 Å². The van der Waals surface area contributed by atoms with Gasteiger partial charge in [-0.1, -0.05) is 0 Å². The zero-order valence-corrected chi connectivity index (χ0v) is 11.7. The Morgan fingerprint density at radius 1 is 1.16 bits per heavy atom. The van der Waals surface area contributed by atoms with Crippen molar-refractivity contribution < 1.29 is 23.1 Å². The summed E-state index contributed by atoms with van der Waals surface area (Å²) >= 11 is 0. The van der Waals surface area contributed by atoms with Gasteiger partial charge in [0.15, 0.2) is 0 Å². The molecule has 110 valence electrons. The number of ether oxygens (including phenoxy) is 1. The molecule has 1 unspecified atom stereocenters. The molecule has 1 aliphatic heterocycles. The Labute approximate surface area is 113 Å². The summed E-state index contributed by atoms with van der Waals surface area (Å²) in [5.41, 5.74) is 0. The third kappa shape index (κ3) is 3.90. The number of hydrogen-bond acceptors (Lipinski definition) is 4. The maximum atomic E-state index is 12.2. The molecular weight excluding hydrogens is 270 g/mol. The van der Waals surface area contributed by atoms with Crippen LogP contribution in [0, 0.1) is 5.92 Å². The molecule has 0 aromatic rings. The van der Waals surface area contributed by atoms with E-state index in [1.165, 1.54) is 0 Å². The highest BCUT2D eigenvalue weighted by atomic mass is 32.2. The molecule has 6 nitrogen and oxygen atoms in total. The molecule has 0 aromatic carbocycles. The van der Waals surface area contributed by atoms with Crippen LogP contribution in [0.15, 0.2) is 0 Å². The lowest BCUT2D eigenvalue weighted by Crippen LogP contribution is -2.45. The molecule has 1 heterocycles. The monoisotopic (exact) mass is 291 g/mol. The first-order valence-electron chi connectivity index (χ1n) is 6.81. The van der Waals surface area contributed by atoms with Gasteiger partial charge in [0.1, 0.15) is 0 Å². The molecule has 7 heteroatoms. The Kier molecular flexibility index (Phi) is 4.81. The van der Waals surface area contributed by atoms with Crippen molar-refractivity contribution >= 4 is 16.0 Å². The van der Waals surface area contributed by atoms with Gasteiger partial charge in [0.25, 0.3) is 0 Å². The van der Waals surface area contributed by atoms with Crippen molar-refractivity contribution in [3.05, 3.63) is 0 Å². The topological polar surface area (TPSA) is 92.7 Å². The van der Waals surface area contributed by atoms with Gasteiger partial charge in [-0.15, -0.1) is 0 Å². The molecule has 2 fully saturated rings. The summed E-state index contributed by atoms with van der Waals surface area (Å²) in [4.78, 5) is 10.8. The van der Waals surface area contributed by atoms with Crippen LogP contribution in [-0.4, -0.2) is 44.0 Å². The fourth-order valence-corrected chi connectivity index (χ4v) is 4.39. The minimum atomic E-state index is -3.34. The van der Waals surface area contributed by atoms with Gasteiger partial charge in [-0.25, -0.2) is 13.1 Å². The lowest BCUT2D eigenvalue weighted by Gasteiger charge is -2.29. The van der Waals surface area contributed by atoms with Gasteiger partial charge in [0.05, 0.1) is 17.8 Å². The van der Waals surface area contributed by atoms with Crippen LogP contribution >= 0.6 is 0 Å². The van der Waals surface area contributed by atoms with Gasteiger partial charge >= 0.3 is 5.97 Å². The fraction of sp³-hybridized carbons (Fsp3) is 0.917. The second-order valence-corrected chi connectivity index (χ2v) is 7.38. The first-order valence-corrected chi connectivity index (χ1v) is 8.35.